The molecule has 0 saturated carbocycles. The van der Waals surface area contributed by atoms with Crippen LogP contribution in [0.3, 0.4) is 0 Å². The van der Waals surface area contributed by atoms with Crippen LogP contribution in [-0.4, -0.2) is 33.8 Å². The van der Waals surface area contributed by atoms with Crippen LogP contribution in [0.2, 0.25) is 5.02 Å². The maximum Gasteiger partial charge on any atom is 0.424 e. The molecular formula is C13H14ClFN2O6S. The Morgan fingerprint density at radius 1 is 1.29 bits per heavy atom. The summed E-state index contributed by atoms with van der Waals surface area (Å²) in [5, 5.41) is -0.194. The molecule has 11 heteroatoms. The fourth-order valence-electron chi connectivity index (χ4n) is 2.17. The molecule has 2 amide bonds. The van der Waals surface area contributed by atoms with E-state index in [0.717, 1.165) is 6.07 Å². The van der Waals surface area contributed by atoms with Gasteiger partial charge in [-0.15, -0.1) is 0 Å². The van der Waals surface area contributed by atoms with Crippen LogP contribution in [-0.2, 0) is 25.2 Å². The highest BCUT2D eigenvalue weighted by molar-refractivity contribution is 7.92. The Morgan fingerprint density at radius 3 is 2.33 bits per heavy atom. The summed E-state index contributed by atoms with van der Waals surface area (Å²) in [5.41, 5.74) is -0.812. The number of fused-ring (bicyclic) bond motifs is 1. The van der Waals surface area contributed by atoms with Crippen LogP contribution in [0.25, 0.3) is 0 Å². The van der Waals surface area contributed by atoms with E-state index in [1.54, 1.807) is 0 Å². The standard InChI is InChI=1S/C13H14ClFN2O6S/c1-3-22-12(18)17(13(19)23-4-2)11-7-6-24(20,21)16-10(7)8(14)5-9(11)15/h5,16H,3-4,6H2,1-2H3. The number of carbonyl (C=O) groups is 2. The van der Waals surface area contributed by atoms with Gasteiger partial charge >= 0.3 is 12.2 Å². The maximum atomic E-state index is 14.4. The lowest BCUT2D eigenvalue weighted by Gasteiger charge is -2.22. The summed E-state index contributed by atoms with van der Waals surface area (Å²) in [6, 6.07) is 0.801. The number of halogens is 2. The molecule has 0 spiro atoms. The van der Waals surface area contributed by atoms with Gasteiger partial charge in [0.25, 0.3) is 0 Å². The second kappa shape index (κ2) is 6.81. The van der Waals surface area contributed by atoms with Crippen molar-refractivity contribution in [2.24, 2.45) is 0 Å². The largest absolute Gasteiger partial charge is 0.449 e. The molecule has 1 N–H and O–H groups in total. The van der Waals surface area contributed by atoms with Crippen molar-refractivity contribution in [3.63, 3.8) is 0 Å². The number of amides is 2. The molecule has 2 rings (SSSR count). The van der Waals surface area contributed by atoms with Gasteiger partial charge in [-0.3, -0.25) is 4.72 Å². The first-order valence-electron chi connectivity index (χ1n) is 6.86. The smallest absolute Gasteiger partial charge is 0.424 e. The minimum absolute atomic E-state index is 0.0807. The molecule has 0 unspecified atom stereocenters. The molecule has 0 radical (unpaired) electrons. The molecule has 1 aliphatic rings. The van der Waals surface area contributed by atoms with Crippen LogP contribution in [0.15, 0.2) is 6.07 Å². The normalized spacial score (nSPS) is 14.5. The highest BCUT2D eigenvalue weighted by atomic mass is 35.5. The lowest BCUT2D eigenvalue weighted by Crippen LogP contribution is -2.39. The summed E-state index contributed by atoms with van der Waals surface area (Å²) in [4.78, 5) is 24.5. The second-order valence-corrected chi connectivity index (χ2v) is 6.77. The number of benzene rings is 1. The maximum absolute atomic E-state index is 14.4. The van der Waals surface area contributed by atoms with Crippen molar-refractivity contribution in [1.82, 2.24) is 0 Å². The number of imide groups is 1. The highest BCUT2D eigenvalue weighted by Gasteiger charge is 2.38. The van der Waals surface area contributed by atoms with Crippen molar-refractivity contribution in [3.05, 3.63) is 22.5 Å². The molecule has 1 heterocycles. The lowest BCUT2D eigenvalue weighted by atomic mass is 10.1. The molecule has 132 valence electrons. The Kier molecular flexibility index (Phi) is 5.19. The average Bonchev–Trinajstić information content (AvgIpc) is 2.79. The van der Waals surface area contributed by atoms with E-state index in [0.29, 0.717) is 4.90 Å². The molecule has 0 saturated heterocycles. The van der Waals surface area contributed by atoms with Crippen LogP contribution >= 0.6 is 11.6 Å². The molecule has 1 aromatic rings. The van der Waals surface area contributed by atoms with E-state index in [9.17, 15) is 22.4 Å². The zero-order valence-corrected chi connectivity index (χ0v) is 14.3. The van der Waals surface area contributed by atoms with Crippen LogP contribution in [0.1, 0.15) is 19.4 Å². The zero-order valence-electron chi connectivity index (χ0n) is 12.8. The Hall–Kier alpha value is -2.07. The molecule has 0 atom stereocenters. The number of carbonyl (C=O) groups excluding carboxylic acids is 2. The first-order valence-corrected chi connectivity index (χ1v) is 8.89. The van der Waals surface area contributed by atoms with Crippen molar-refractivity contribution in [2.75, 3.05) is 22.8 Å². The van der Waals surface area contributed by atoms with Gasteiger partial charge in [0, 0.05) is 5.56 Å². The summed E-state index contributed by atoms with van der Waals surface area (Å²) < 4.78 is 49.6. The summed E-state index contributed by atoms with van der Waals surface area (Å²) in [7, 11) is -3.81. The number of rotatable bonds is 3. The zero-order chi connectivity index (χ0) is 18.1. The van der Waals surface area contributed by atoms with E-state index < -0.39 is 39.5 Å². The first-order chi connectivity index (χ1) is 11.2. The lowest BCUT2D eigenvalue weighted by molar-refractivity contribution is 0.140. The number of anilines is 2. The molecule has 24 heavy (non-hydrogen) atoms. The van der Waals surface area contributed by atoms with E-state index in [1.807, 2.05) is 0 Å². The van der Waals surface area contributed by atoms with Crippen LogP contribution in [0.5, 0.6) is 0 Å². The third-order valence-electron chi connectivity index (χ3n) is 3.02. The highest BCUT2D eigenvalue weighted by Crippen LogP contribution is 2.42. The fourth-order valence-corrected chi connectivity index (χ4v) is 3.76. The van der Waals surface area contributed by atoms with Crippen molar-refractivity contribution in [3.8, 4) is 0 Å². The predicted octanol–water partition coefficient (Wildman–Crippen LogP) is 2.85. The molecular weight excluding hydrogens is 367 g/mol. The van der Waals surface area contributed by atoms with Crippen molar-refractivity contribution < 1.29 is 31.9 Å². The third-order valence-corrected chi connectivity index (χ3v) is 4.50. The van der Waals surface area contributed by atoms with Gasteiger partial charge < -0.3 is 9.47 Å². The van der Waals surface area contributed by atoms with E-state index in [4.69, 9.17) is 21.1 Å². The van der Waals surface area contributed by atoms with E-state index in [1.165, 1.54) is 13.8 Å². The van der Waals surface area contributed by atoms with Gasteiger partial charge in [-0.05, 0) is 19.9 Å². The number of hydrogen-bond acceptors (Lipinski definition) is 6. The van der Waals surface area contributed by atoms with Gasteiger partial charge in [-0.25, -0.2) is 22.4 Å². The Balaban J connectivity index is 2.65. The van der Waals surface area contributed by atoms with E-state index in [-0.39, 0.29) is 29.5 Å². The molecule has 1 aromatic carbocycles. The summed E-state index contributed by atoms with van der Waals surface area (Å²) in [5.74, 6) is -1.71. The molecule has 1 aliphatic heterocycles. The van der Waals surface area contributed by atoms with E-state index >= 15 is 0 Å². The molecule has 0 fully saturated rings. The Labute approximate surface area is 142 Å². The van der Waals surface area contributed by atoms with Gasteiger partial charge in [0.05, 0.1) is 29.7 Å². The number of sulfonamides is 1. The number of ether oxygens (including phenoxy) is 2. The van der Waals surface area contributed by atoms with Crippen molar-refractivity contribution >= 4 is 45.2 Å². The quantitative estimate of drug-likeness (QED) is 0.865. The number of hydrogen-bond donors (Lipinski definition) is 1. The molecule has 0 aromatic heterocycles. The SMILES string of the molecule is CCOC(=O)N(C(=O)OCC)c1c(F)cc(Cl)c2c1CS(=O)(=O)N2. The molecule has 0 bridgehead atoms. The molecule has 0 aliphatic carbocycles. The van der Waals surface area contributed by atoms with Gasteiger partial charge in [-0.1, -0.05) is 11.6 Å². The van der Waals surface area contributed by atoms with Crippen molar-refractivity contribution in [2.45, 2.75) is 19.6 Å². The van der Waals surface area contributed by atoms with E-state index in [2.05, 4.69) is 4.72 Å². The summed E-state index contributed by atoms with van der Waals surface area (Å²) in [6.45, 7) is 2.83. The van der Waals surface area contributed by atoms with Crippen LogP contribution in [0.4, 0.5) is 25.4 Å². The second-order valence-electron chi connectivity index (χ2n) is 4.64. The van der Waals surface area contributed by atoms with Crippen molar-refractivity contribution in [1.29, 1.82) is 0 Å². The minimum atomic E-state index is -3.81. The minimum Gasteiger partial charge on any atom is -0.449 e. The Morgan fingerprint density at radius 2 is 1.83 bits per heavy atom. The third kappa shape index (κ3) is 3.39. The predicted molar refractivity (Wildman–Crippen MR) is 84.2 cm³/mol. The van der Waals surface area contributed by atoms with Gasteiger partial charge in [0.15, 0.2) is 0 Å². The first kappa shape index (κ1) is 18.3. The monoisotopic (exact) mass is 380 g/mol. The van der Waals surface area contributed by atoms with Crippen LogP contribution in [0, 0.1) is 5.82 Å². The fraction of sp³-hybridized carbons (Fsp3) is 0.385. The summed E-state index contributed by atoms with van der Waals surface area (Å²) in [6.07, 6.45) is -2.38. The summed E-state index contributed by atoms with van der Waals surface area (Å²) >= 11 is 5.84. The number of nitrogens with zero attached hydrogens (tertiary/aromatic N) is 1. The topological polar surface area (TPSA) is 102 Å². The van der Waals surface area contributed by atoms with Gasteiger partial charge in [-0.2, -0.15) is 4.90 Å². The van der Waals surface area contributed by atoms with Crippen LogP contribution < -0.4 is 9.62 Å². The average molecular weight is 381 g/mol. The molecule has 8 nitrogen and oxygen atoms in total. The van der Waals surface area contributed by atoms with Gasteiger partial charge in [0.1, 0.15) is 11.5 Å². The Bertz CT molecular complexity index is 780. The van der Waals surface area contributed by atoms with Gasteiger partial charge in [0.2, 0.25) is 10.0 Å². The number of nitrogens with one attached hydrogen (secondary N) is 1.